The number of halogens is 1. The Hall–Kier alpha value is -1.14. The third kappa shape index (κ3) is 2.58. The van der Waals surface area contributed by atoms with Crippen LogP contribution >= 0.6 is 15.9 Å². The van der Waals surface area contributed by atoms with Crippen molar-refractivity contribution in [3.63, 3.8) is 0 Å². The summed E-state index contributed by atoms with van der Waals surface area (Å²) in [5.41, 5.74) is 0. The summed E-state index contributed by atoms with van der Waals surface area (Å²) in [5, 5.41) is 0. The van der Waals surface area contributed by atoms with E-state index < -0.39 is 6.04 Å². The molecule has 0 bridgehead atoms. The molecule has 1 fully saturated rings. The quantitative estimate of drug-likeness (QED) is 0.769. The van der Waals surface area contributed by atoms with Gasteiger partial charge in [0.1, 0.15) is 5.82 Å². The van der Waals surface area contributed by atoms with Gasteiger partial charge in [-0.15, -0.1) is 0 Å². The molecule has 92 valence electrons. The van der Waals surface area contributed by atoms with E-state index in [2.05, 4.69) is 20.9 Å². The number of hydrogen-bond acceptors (Lipinski definition) is 5. The van der Waals surface area contributed by atoms with Crippen molar-refractivity contribution in [1.82, 2.24) is 4.98 Å². The molecular formula is C11H13BrN2O3. The third-order valence-electron chi connectivity index (χ3n) is 2.61. The monoisotopic (exact) mass is 300 g/mol. The first kappa shape index (κ1) is 12.3. The van der Waals surface area contributed by atoms with Crippen LogP contribution in [0.3, 0.4) is 0 Å². The highest BCUT2D eigenvalue weighted by molar-refractivity contribution is 9.10. The normalized spacial score (nSPS) is 20.1. The molecule has 0 N–H and O–H groups in total. The molecule has 1 aliphatic heterocycles. The zero-order chi connectivity index (χ0) is 12.3. The molecule has 0 aliphatic carbocycles. The first-order valence-electron chi connectivity index (χ1n) is 5.26. The van der Waals surface area contributed by atoms with Crippen molar-refractivity contribution in [2.24, 2.45) is 0 Å². The van der Waals surface area contributed by atoms with Crippen molar-refractivity contribution < 1.29 is 14.3 Å². The maximum Gasteiger partial charge on any atom is 0.330 e. The first-order chi connectivity index (χ1) is 8.24. The van der Waals surface area contributed by atoms with E-state index in [-0.39, 0.29) is 5.97 Å². The van der Waals surface area contributed by atoms with Gasteiger partial charge in [-0.3, -0.25) is 0 Å². The standard InChI is InChI=1S/C11H13BrN2O3/c1-16-11(15)9-7-17-6-5-14(9)10-8(12)3-2-4-13-10/h2-4,9H,5-7H2,1H3. The van der Waals surface area contributed by atoms with E-state index in [1.165, 1.54) is 7.11 Å². The van der Waals surface area contributed by atoms with E-state index in [0.717, 1.165) is 10.3 Å². The Morgan fingerprint density at radius 2 is 2.53 bits per heavy atom. The minimum absolute atomic E-state index is 0.303. The van der Waals surface area contributed by atoms with Gasteiger partial charge < -0.3 is 14.4 Å². The Bertz CT molecular complexity index is 413. The molecule has 0 spiro atoms. The summed E-state index contributed by atoms with van der Waals surface area (Å²) in [6, 6.07) is 3.30. The van der Waals surface area contributed by atoms with E-state index in [1.54, 1.807) is 6.20 Å². The minimum atomic E-state index is -0.431. The molecule has 1 unspecified atom stereocenters. The summed E-state index contributed by atoms with van der Waals surface area (Å²) >= 11 is 3.43. The summed E-state index contributed by atoms with van der Waals surface area (Å²) < 4.78 is 10.9. The number of rotatable bonds is 2. The van der Waals surface area contributed by atoms with Gasteiger partial charge in [0.05, 0.1) is 24.8 Å². The number of methoxy groups -OCH3 is 1. The minimum Gasteiger partial charge on any atom is -0.467 e. The van der Waals surface area contributed by atoms with Crippen LogP contribution in [-0.2, 0) is 14.3 Å². The lowest BCUT2D eigenvalue weighted by Crippen LogP contribution is -2.51. The first-order valence-corrected chi connectivity index (χ1v) is 6.06. The lowest BCUT2D eigenvalue weighted by molar-refractivity contribution is -0.144. The van der Waals surface area contributed by atoms with Crippen molar-refractivity contribution in [2.75, 3.05) is 31.8 Å². The maximum atomic E-state index is 11.7. The third-order valence-corrected chi connectivity index (χ3v) is 3.23. The van der Waals surface area contributed by atoms with E-state index in [1.807, 2.05) is 17.0 Å². The van der Waals surface area contributed by atoms with Crippen LogP contribution in [0.2, 0.25) is 0 Å². The average molecular weight is 301 g/mol. The van der Waals surface area contributed by atoms with Crippen LogP contribution in [0.5, 0.6) is 0 Å². The molecule has 17 heavy (non-hydrogen) atoms. The number of morpholine rings is 1. The summed E-state index contributed by atoms with van der Waals surface area (Å²) in [6.07, 6.45) is 1.70. The molecule has 1 aromatic heterocycles. The molecule has 0 aromatic carbocycles. The second-order valence-electron chi connectivity index (χ2n) is 3.62. The van der Waals surface area contributed by atoms with Crippen LogP contribution in [0.1, 0.15) is 0 Å². The average Bonchev–Trinajstić information content (AvgIpc) is 2.38. The van der Waals surface area contributed by atoms with Crippen LogP contribution < -0.4 is 4.90 Å². The summed E-state index contributed by atoms with van der Waals surface area (Å²) in [4.78, 5) is 17.9. The molecule has 1 aromatic rings. The lowest BCUT2D eigenvalue weighted by atomic mass is 10.2. The van der Waals surface area contributed by atoms with Crippen LogP contribution in [0, 0.1) is 0 Å². The number of esters is 1. The molecule has 6 heteroatoms. The lowest BCUT2D eigenvalue weighted by Gasteiger charge is -2.34. The number of anilines is 1. The van der Waals surface area contributed by atoms with Crippen LogP contribution in [0.15, 0.2) is 22.8 Å². The van der Waals surface area contributed by atoms with Gasteiger partial charge in [0, 0.05) is 12.7 Å². The highest BCUT2D eigenvalue weighted by Crippen LogP contribution is 2.26. The molecule has 1 aliphatic rings. The molecule has 1 saturated heterocycles. The molecule has 0 amide bonds. The van der Waals surface area contributed by atoms with Gasteiger partial charge in [0.15, 0.2) is 6.04 Å². The predicted octanol–water partition coefficient (Wildman–Crippen LogP) is 1.22. The predicted molar refractivity (Wildman–Crippen MR) is 65.9 cm³/mol. The Balaban J connectivity index is 2.28. The van der Waals surface area contributed by atoms with E-state index in [4.69, 9.17) is 9.47 Å². The Labute approximate surface area is 108 Å². The van der Waals surface area contributed by atoms with Crippen molar-refractivity contribution >= 4 is 27.7 Å². The molecular weight excluding hydrogens is 288 g/mol. The highest BCUT2D eigenvalue weighted by Gasteiger charge is 2.32. The number of nitrogens with zero attached hydrogens (tertiary/aromatic N) is 2. The molecule has 2 heterocycles. The highest BCUT2D eigenvalue weighted by atomic mass is 79.9. The summed E-state index contributed by atoms with van der Waals surface area (Å²) in [5.74, 6) is 0.438. The Kier molecular flexibility index (Phi) is 3.96. The number of ether oxygens (including phenoxy) is 2. The van der Waals surface area contributed by atoms with Gasteiger partial charge in [0.2, 0.25) is 0 Å². The molecule has 0 radical (unpaired) electrons. The largest absolute Gasteiger partial charge is 0.467 e. The van der Waals surface area contributed by atoms with Crippen molar-refractivity contribution in [2.45, 2.75) is 6.04 Å². The van der Waals surface area contributed by atoms with Crippen molar-refractivity contribution in [3.05, 3.63) is 22.8 Å². The van der Waals surface area contributed by atoms with E-state index >= 15 is 0 Å². The second-order valence-corrected chi connectivity index (χ2v) is 4.47. The molecule has 2 rings (SSSR count). The number of carbonyl (C=O) groups is 1. The fourth-order valence-electron chi connectivity index (χ4n) is 1.78. The smallest absolute Gasteiger partial charge is 0.330 e. The van der Waals surface area contributed by atoms with E-state index in [9.17, 15) is 4.79 Å². The molecule has 0 saturated carbocycles. The van der Waals surface area contributed by atoms with Crippen LogP contribution in [-0.4, -0.2) is 43.9 Å². The summed E-state index contributed by atoms with van der Waals surface area (Å²) in [7, 11) is 1.38. The van der Waals surface area contributed by atoms with Gasteiger partial charge >= 0.3 is 5.97 Å². The number of carbonyl (C=O) groups excluding carboxylic acids is 1. The van der Waals surface area contributed by atoms with Crippen molar-refractivity contribution in [1.29, 1.82) is 0 Å². The molecule has 5 nitrogen and oxygen atoms in total. The fraction of sp³-hybridized carbons (Fsp3) is 0.455. The zero-order valence-electron chi connectivity index (χ0n) is 9.43. The van der Waals surface area contributed by atoms with Gasteiger partial charge in [-0.25, -0.2) is 9.78 Å². The van der Waals surface area contributed by atoms with Crippen LogP contribution in [0.4, 0.5) is 5.82 Å². The zero-order valence-corrected chi connectivity index (χ0v) is 11.0. The number of hydrogen-bond donors (Lipinski definition) is 0. The SMILES string of the molecule is COC(=O)C1COCCN1c1ncccc1Br. The van der Waals surface area contributed by atoms with Crippen LogP contribution in [0.25, 0.3) is 0 Å². The van der Waals surface area contributed by atoms with E-state index in [0.29, 0.717) is 19.8 Å². The Morgan fingerprint density at radius 3 is 3.24 bits per heavy atom. The van der Waals surface area contributed by atoms with Gasteiger partial charge in [-0.2, -0.15) is 0 Å². The second kappa shape index (κ2) is 5.46. The fourth-order valence-corrected chi connectivity index (χ4v) is 2.26. The topological polar surface area (TPSA) is 51.7 Å². The molecule has 1 atom stereocenters. The van der Waals surface area contributed by atoms with Crippen molar-refractivity contribution in [3.8, 4) is 0 Å². The maximum absolute atomic E-state index is 11.7. The van der Waals surface area contributed by atoms with Gasteiger partial charge in [-0.05, 0) is 28.1 Å². The van der Waals surface area contributed by atoms with Gasteiger partial charge in [-0.1, -0.05) is 0 Å². The number of aromatic nitrogens is 1. The summed E-state index contributed by atoms with van der Waals surface area (Å²) in [6.45, 7) is 1.53. The Morgan fingerprint density at radius 1 is 1.71 bits per heavy atom. The number of pyridine rings is 1. The van der Waals surface area contributed by atoms with Gasteiger partial charge in [0.25, 0.3) is 0 Å².